The third-order valence-corrected chi connectivity index (χ3v) is 3.09. The minimum atomic E-state index is -0.590. The van der Waals surface area contributed by atoms with Gasteiger partial charge in [0.2, 0.25) is 0 Å². The minimum Gasteiger partial charge on any atom is -0.387 e. The Kier molecular flexibility index (Phi) is 7.46. The SMILES string of the molecule is COCCN(CCC#N)CC(O)c1ccc(Cl)cc1. The van der Waals surface area contributed by atoms with Crippen molar-refractivity contribution >= 4 is 11.6 Å². The van der Waals surface area contributed by atoms with Gasteiger partial charge < -0.3 is 9.84 Å². The van der Waals surface area contributed by atoms with Crippen molar-refractivity contribution in [2.45, 2.75) is 12.5 Å². The van der Waals surface area contributed by atoms with Gasteiger partial charge in [-0.3, -0.25) is 4.90 Å². The van der Waals surface area contributed by atoms with E-state index in [9.17, 15) is 5.11 Å². The van der Waals surface area contributed by atoms with E-state index in [0.29, 0.717) is 37.7 Å². The summed E-state index contributed by atoms with van der Waals surface area (Å²) in [6.45, 7) is 2.39. The number of aliphatic hydroxyl groups excluding tert-OH is 1. The molecule has 0 spiro atoms. The van der Waals surface area contributed by atoms with Gasteiger partial charge in [-0.15, -0.1) is 0 Å². The average Bonchev–Trinajstić information content (AvgIpc) is 2.42. The molecule has 104 valence electrons. The lowest BCUT2D eigenvalue weighted by atomic mass is 10.1. The fraction of sp³-hybridized carbons (Fsp3) is 0.500. The molecule has 1 rings (SSSR count). The zero-order chi connectivity index (χ0) is 14.1. The molecule has 0 aliphatic carbocycles. The van der Waals surface area contributed by atoms with Gasteiger partial charge in [0.25, 0.3) is 0 Å². The van der Waals surface area contributed by atoms with Gasteiger partial charge in [-0.05, 0) is 17.7 Å². The molecular weight excluding hydrogens is 264 g/mol. The fourth-order valence-electron chi connectivity index (χ4n) is 1.76. The number of hydrogen-bond donors (Lipinski definition) is 1. The average molecular weight is 283 g/mol. The zero-order valence-corrected chi connectivity index (χ0v) is 11.8. The number of aliphatic hydroxyl groups is 1. The van der Waals surface area contributed by atoms with Gasteiger partial charge in [0, 0.05) is 38.2 Å². The zero-order valence-electron chi connectivity index (χ0n) is 11.1. The van der Waals surface area contributed by atoms with Gasteiger partial charge in [-0.25, -0.2) is 0 Å². The Morgan fingerprint density at radius 2 is 2.05 bits per heavy atom. The van der Waals surface area contributed by atoms with Crippen LogP contribution in [0.3, 0.4) is 0 Å². The van der Waals surface area contributed by atoms with Crippen LogP contribution in [0.2, 0.25) is 5.02 Å². The van der Waals surface area contributed by atoms with Gasteiger partial charge in [-0.1, -0.05) is 23.7 Å². The monoisotopic (exact) mass is 282 g/mol. The Labute approximate surface area is 119 Å². The van der Waals surface area contributed by atoms with E-state index in [1.165, 1.54) is 0 Å². The van der Waals surface area contributed by atoms with Crippen molar-refractivity contribution in [3.8, 4) is 6.07 Å². The quantitative estimate of drug-likeness (QED) is 0.794. The highest BCUT2D eigenvalue weighted by molar-refractivity contribution is 6.30. The van der Waals surface area contributed by atoms with Crippen molar-refractivity contribution in [3.63, 3.8) is 0 Å². The van der Waals surface area contributed by atoms with Gasteiger partial charge in [0.1, 0.15) is 0 Å². The predicted molar refractivity (Wildman–Crippen MR) is 75.0 cm³/mol. The van der Waals surface area contributed by atoms with Gasteiger partial charge in [0.15, 0.2) is 0 Å². The standard InChI is InChI=1S/C14H19ClN2O2/c1-19-10-9-17(8-2-7-16)11-14(18)12-3-5-13(15)6-4-12/h3-6,14,18H,2,8-11H2,1H3. The smallest absolute Gasteiger partial charge is 0.0916 e. The Morgan fingerprint density at radius 1 is 1.37 bits per heavy atom. The molecule has 0 fully saturated rings. The third-order valence-electron chi connectivity index (χ3n) is 2.84. The molecule has 0 saturated heterocycles. The van der Waals surface area contributed by atoms with Crippen LogP contribution in [-0.2, 0) is 4.74 Å². The molecule has 1 aromatic carbocycles. The van der Waals surface area contributed by atoms with Crippen LogP contribution in [0.25, 0.3) is 0 Å². The van der Waals surface area contributed by atoms with Gasteiger partial charge in [0.05, 0.1) is 18.8 Å². The first kappa shape index (κ1) is 15.9. The maximum Gasteiger partial charge on any atom is 0.0916 e. The number of benzene rings is 1. The highest BCUT2D eigenvalue weighted by Crippen LogP contribution is 2.17. The van der Waals surface area contributed by atoms with E-state index in [-0.39, 0.29) is 0 Å². The first-order chi connectivity index (χ1) is 9.17. The molecule has 0 aliphatic heterocycles. The summed E-state index contributed by atoms with van der Waals surface area (Å²) in [6.07, 6.45) is -0.148. The molecule has 0 saturated carbocycles. The predicted octanol–water partition coefficient (Wildman–Crippen LogP) is 2.24. The summed E-state index contributed by atoms with van der Waals surface area (Å²) >= 11 is 5.81. The lowest BCUT2D eigenvalue weighted by molar-refractivity contribution is 0.0902. The molecule has 1 atom stereocenters. The number of halogens is 1. The first-order valence-electron chi connectivity index (χ1n) is 6.19. The van der Waals surface area contributed by atoms with Crippen LogP contribution in [0.1, 0.15) is 18.1 Å². The van der Waals surface area contributed by atoms with E-state index in [0.717, 1.165) is 5.56 Å². The second-order valence-corrected chi connectivity index (χ2v) is 4.71. The Morgan fingerprint density at radius 3 is 2.63 bits per heavy atom. The molecule has 1 unspecified atom stereocenters. The van der Waals surface area contributed by atoms with Crippen molar-refractivity contribution in [1.29, 1.82) is 5.26 Å². The second-order valence-electron chi connectivity index (χ2n) is 4.27. The van der Waals surface area contributed by atoms with E-state index in [2.05, 4.69) is 6.07 Å². The highest BCUT2D eigenvalue weighted by atomic mass is 35.5. The number of nitrogens with zero attached hydrogens (tertiary/aromatic N) is 2. The summed E-state index contributed by atoms with van der Waals surface area (Å²) in [4.78, 5) is 2.02. The number of ether oxygens (including phenoxy) is 1. The molecule has 0 heterocycles. The Bertz CT molecular complexity index is 403. The lowest BCUT2D eigenvalue weighted by Crippen LogP contribution is -2.32. The van der Waals surface area contributed by atoms with Crippen molar-refractivity contribution in [1.82, 2.24) is 4.90 Å². The number of methoxy groups -OCH3 is 1. The van der Waals surface area contributed by atoms with Crippen LogP contribution in [0.4, 0.5) is 0 Å². The summed E-state index contributed by atoms with van der Waals surface area (Å²) in [5.41, 5.74) is 0.823. The molecular formula is C14H19ClN2O2. The summed E-state index contributed by atoms with van der Waals surface area (Å²) in [5.74, 6) is 0. The van der Waals surface area contributed by atoms with Crippen LogP contribution < -0.4 is 0 Å². The largest absolute Gasteiger partial charge is 0.387 e. The second kappa shape index (κ2) is 8.89. The van der Waals surface area contributed by atoms with Crippen LogP contribution in [-0.4, -0.2) is 43.4 Å². The van der Waals surface area contributed by atoms with Crippen molar-refractivity contribution in [2.24, 2.45) is 0 Å². The lowest BCUT2D eigenvalue weighted by Gasteiger charge is -2.24. The van der Waals surface area contributed by atoms with E-state index in [1.54, 1.807) is 19.2 Å². The molecule has 4 nitrogen and oxygen atoms in total. The summed E-state index contributed by atoms with van der Waals surface area (Å²) in [7, 11) is 1.64. The summed E-state index contributed by atoms with van der Waals surface area (Å²) in [5, 5.41) is 19.5. The molecule has 0 aromatic heterocycles. The van der Waals surface area contributed by atoms with Gasteiger partial charge >= 0.3 is 0 Å². The van der Waals surface area contributed by atoms with Crippen LogP contribution in [0, 0.1) is 11.3 Å². The van der Waals surface area contributed by atoms with Crippen LogP contribution >= 0.6 is 11.6 Å². The molecule has 0 aliphatic rings. The molecule has 19 heavy (non-hydrogen) atoms. The van der Waals surface area contributed by atoms with E-state index in [4.69, 9.17) is 21.6 Å². The Hall–Kier alpha value is -1.12. The normalized spacial score (nSPS) is 12.4. The van der Waals surface area contributed by atoms with Crippen LogP contribution in [0.5, 0.6) is 0 Å². The number of nitriles is 1. The topological polar surface area (TPSA) is 56.5 Å². The first-order valence-corrected chi connectivity index (χ1v) is 6.57. The maximum atomic E-state index is 10.2. The van der Waals surface area contributed by atoms with Crippen LogP contribution in [0.15, 0.2) is 24.3 Å². The molecule has 0 bridgehead atoms. The molecule has 0 amide bonds. The minimum absolute atomic E-state index is 0.442. The molecule has 1 aromatic rings. The van der Waals surface area contributed by atoms with E-state index in [1.807, 2.05) is 17.0 Å². The third kappa shape index (κ3) is 6.04. The number of rotatable bonds is 8. The number of hydrogen-bond acceptors (Lipinski definition) is 4. The Balaban J connectivity index is 2.56. The molecule has 0 radical (unpaired) electrons. The summed E-state index contributed by atoms with van der Waals surface area (Å²) < 4.78 is 5.03. The van der Waals surface area contributed by atoms with Crippen molar-refractivity contribution in [3.05, 3.63) is 34.9 Å². The highest BCUT2D eigenvalue weighted by Gasteiger charge is 2.13. The van der Waals surface area contributed by atoms with Crippen molar-refractivity contribution < 1.29 is 9.84 Å². The molecule has 5 heteroatoms. The van der Waals surface area contributed by atoms with E-state index >= 15 is 0 Å². The fourth-order valence-corrected chi connectivity index (χ4v) is 1.88. The van der Waals surface area contributed by atoms with E-state index < -0.39 is 6.10 Å². The van der Waals surface area contributed by atoms with Crippen molar-refractivity contribution in [2.75, 3.05) is 33.4 Å². The maximum absolute atomic E-state index is 10.2. The summed E-state index contributed by atoms with van der Waals surface area (Å²) in [6, 6.07) is 9.25. The molecule has 1 N–H and O–H groups in total. The van der Waals surface area contributed by atoms with Gasteiger partial charge in [-0.2, -0.15) is 5.26 Å².